The van der Waals surface area contributed by atoms with Crippen LogP contribution in [0.3, 0.4) is 0 Å². The summed E-state index contributed by atoms with van der Waals surface area (Å²) < 4.78 is 5.55. The Labute approximate surface area is 149 Å². The van der Waals surface area contributed by atoms with Crippen molar-refractivity contribution >= 4 is 29.5 Å². The molecule has 2 aliphatic rings. The lowest BCUT2D eigenvalue weighted by atomic mass is 10.0. The highest BCUT2D eigenvalue weighted by atomic mass is 32.2. The molecular formula is C17H18N2O5S. The molecule has 3 rings (SSSR count). The molecule has 1 aromatic carbocycles. The zero-order valence-electron chi connectivity index (χ0n) is 13.8. The summed E-state index contributed by atoms with van der Waals surface area (Å²) in [5, 5.41) is 11.6. The van der Waals surface area contributed by atoms with E-state index < -0.39 is 35.3 Å². The number of hydrogen-bond acceptors (Lipinski definition) is 5. The second-order valence-electron chi connectivity index (χ2n) is 5.90. The molecule has 2 unspecified atom stereocenters. The van der Waals surface area contributed by atoms with E-state index >= 15 is 0 Å². The van der Waals surface area contributed by atoms with Gasteiger partial charge in [-0.3, -0.25) is 14.5 Å². The number of carboxylic acids is 1. The normalized spacial score (nSPS) is 23.4. The predicted molar refractivity (Wildman–Crippen MR) is 91.9 cm³/mol. The van der Waals surface area contributed by atoms with Crippen LogP contribution >= 0.6 is 11.8 Å². The van der Waals surface area contributed by atoms with Crippen molar-refractivity contribution in [2.24, 2.45) is 0 Å². The Hall–Kier alpha value is -2.48. The van der Waals surface area contributed by atoms with E-state index in [1.807, 2.05) is 6.07 Å². The first kappa shape index (κ1) is 17.3. The van der Waals surface area contributed by atoms with Crippen LogP contribution in [0.2, 0.25) is 0 Å². The van der Waals surface area contributed by atoms with Crippen LogP contribution in [-0.2, 0) is 14.4 Å². The zero-order valence-corrected chi connectivity index (χ0v) is 14.6. The Morgan fingerprint density at radius 1 is 1.36 bits per heavy atom. The Balaban J connectivity index is 1.64. The minimum Gasteiger partial charge on any atom is -0.481 e. The summed E-state index contributed by atoms with van der Waals surface area (Å²) in [6, 6.07) is 8.19. The summed E-state index contributed by atoms with van der Waals surface area (Å²) in [6.07, 6.45) is -0.769. The van der Waals surface area contributed by atoms with Gasteiger partial charge in [0.15, 0.2) is 6.10 Å². The number of nitrogens with one attached hydrogen (secondary N) is 1. The fourth-order valence-electron chi connectivity index (χ4n) is 2.80. The van der Waals surface area contributed by atoms with E-state index in [9.17, 15) is 19.5 Å². The number of thioether (sulfide) groups is 1. The number of carbonyl (C=O) groups excluding carboxylic acids is 2. The van der Waals surface area contributed by atoms with Gasteiger partial charge >= 0.3 is 5.97 Å². The monoisotopic (exact) mass is 362 g/mol. The van der Waals surface area contributed by atoms with Gasteiger partial charge in [-0.05, 0) is 31.6 Å². The highest BCUT2D eigenvalue weighted by Gasteiger charge is 2.53. The lowest BCUT2D eigenvalue weighted by Crippen LogP contribution is -2.71. The van der Waals surface area contributed by atoms with Gasteiger partial charge in [0.05, 0.1) is 0 Å². The molecule has 2 heterocycles. The second-order valence-corrected chi connectivity index (χ2v) is 7.01. The number of ether oxygens (including phenoxy) is 1. The molecular weight excluding hydrogens is 344 g/mol. The first-order valence-electron chi connectivity index (χ1n) is 7.80. The number of hydrogen-bond donors (Lipinski definition) is 2. The number of nitrogens with zero attached hydrogens (tertiary/aromatic N) is 1. The Morgan fingerprint density at radius 2 is 2.04 bits per heavy atom. The largest absolute Gasteiger partial charge is 0.481 e. The van der Waals surface area contributed by atoms with Crippen LogP contribution in [0.5, 0.6) is 5.75 Å². The molecule has 8 heteroatoms. The lowest BCUT2D eigenvalue weighted by Gasteiger charge is -2.49. The van der Waals surface area contributed by atoms with Gasteiger partial charge in [0, 0.05) is 5.75 Å². The molecule has 0 saturated carbocycles. The number of aliphatic carboxylic acids is 1. The zero-order chi connectivity index (χ0) is 18.1. The molecule has 1 saturated heterocycles. The fourth-order valence-corrected chi connectivity index (χ4v) is 4.10. The minimum absolute atomic E-state index is 0.0211. The van der Waals surface area contributed by atoms with Crippen molar-refractivity contribution in [3.63, 3.8) is 0 Å². The molecule has 3 atom stereocenters. The van der Waals surface area contributed by atoms with E-state index in [1.165, 1.54) is 16.7 Å². The molecule has 0 radical (unpaired) electrons. The van der Waals surface area contributed by atoms with E-state index in [1.54, 1.807) is 38.1 Å². The maximum absolute atomic E-state index is 12.3. The van der Waals surface area contributed by atoms with Crippen molar-refractivity contribution in [3.8, 4) is 5.75 Å². The summed E-state index contributed by atoms with van der Waals surface area (Å²) in [5.41, 5.74) is 0.667. The number of carbonyl (C=O) groups is 3. The van der Waals surface area contributed by atoms with Crippen molar-refractivity contribution in [2.45, 2.75) is 31.4 Å². The number of β-lactam (4-membered cyclic amide) rings is 1. The van der Waals surface area contributed by atoms with Crippen LogP contribution in [0, 0.1) is 0 Å². The fraction of sp³-hybridized carbons (Fsp3) is 0.353. The molecule has 1 aromatic rings. The van der Waals surface area contributed by atoms with E-state index in [2.05, 4.69) is 5.32 Å². The van der Waals surface area contributed by atoms with Crippen molar-refractivity contribution in [2.75, 3.05) is 5.75 Å². The van der Waals surface area contributed by atoms with Crippen LogP contribution in [0.4, 0.5) is 0 Å². The SMILES string of the molecule is CC1=C(C(=O)O)N2C(=O)C(NC(=O)C(C)Oc3ccccc3)[C@@H]2SC1. The number of carboxylic acid groups (broad SMARTS) is 1. The van der Waals surface area contributed by atoms with Crippen LogP contribution < -0.4 is 10.1 Å². The average molecular weight is 362 g/mol. The van der Waals surface area contributed by atoms with E-state index in [0.29, 0.717) is 17.1 Å². The van der Waals surface area contributed by atoms with Crippen molar-refractivity contribution < 1.29 is 24.2 Å². The van der Waals surface area contributed by atoms with Gasteiger partial charge in [-0.2, -0.15) is 0 Å². The third-order valence-electron chi connectivity index (χ3n) is 4.08. The van der Waals surface area contributed by atoms with Crippen LogP contribution in [0.1, 0.15) is 13.8 Å². The predicted octanol–water partition coefficient (Wildman–Crippen LogP) is 1.21. The average Bonchev–Trinajstić information content (AvgIpc) is 2.59. The lowest BCUT2D eigenvalue weighted by molar-refractivity contribution is -0.151. The second kappa shape index (κ2) is 6.79. The van der Waals surface area contributed by atoms with E-state index in [4.69, 9.17) is 4.74 Å². The molecule has 0 aliphatic carbocycles. The van der Waals surface area contributed by atoms with E-state index in [0.717, 1.165) is 0 Å². The van der Waals surface area contributed by atoms with Crippen molar-refractivity contribution in [3.05, 3.63) is 41.6 Å². The van der Waals surface area contributed by atoms with Gasteiger partial charge in [-0.15, -0.1) is 11.8 Å². The molecule has 2 N–H and O–H groups in total. The molecule has 2 amide bonds. The standard InChI is InChI=1S/C17H18N2O5S/c1-9-8-25-16-12(15(21)19(16)13(9)17(22)23)18-14(20)10(2)24-11-6-4-3-5-7-11/h3-7,10,12,16H,8H2,1-2H3,(H,18,20)(H,22,23)/t10?,12?,16-/m0/s1. The Kier molecular flexibility index (Phi) is 4.71. The Bertz CT molecular complexity index is 749. The summed E-state index contributed by atoms with van der Waals surface area (Å²) in [7, 11) is 0. The van der Waals surface area contributed by atoms with Crippen LogP contribution in [-0.4, -0.2) is 51.1 Å². The smallest absolute Gasteiger partial charge is 0.352 e. The van der Waals surface area contributed by atoms with Gasteiger partial charge in [0.1, 0.15) is 22.9 Å². The van der Waals surface area contributed by atoms with Gasteiger partial charge < -0.3 is 15.2 Å². The van der Waals surface area contributed by atoms with Gasteiger partial charge in [-0.1, -0.05) is 18.2 Å². The molecule has 2 aliphatic heterocycles. The number of para-hydroxylation sites is 1. The van der Waals surface area contributed by atoms with Gasteiger partial charge in [0.25, 0.3) is 11.8 Å². The maximum Gasteiger partial charge on any atom is 0.352 e. The molecule has 1 fully saturated rings. The summed E-state index contributed by atoms with van der Waals surface area (Å²) in [4.78, 5) is 37.3. The summed E-state index contributed by atoms with van der Waals surface area (Å²) in [5.74, 6) is -0.870. The summed E-state index contributed by atoms with van der Waals surface area (Å²) >= 11 is 1.44. The number of benzene rings is 1. The highest BCUT2D eigenvalue weighted by molar-refractivity contribution is 8.00. The van der Waals surface area contributed by atoms with Gasteiger partial charge in [0.2, 0.25) is 0 Å². The van der Waals surface area contributed by atoms with Crippen LogP contribution in [0.15, 0.2) is 41.6 Å². The summed E-state index contributed by atoms with van der Waals surface area (Å²) in [6.45, 7) is 3.30. The van der Waals surface area contributed by atoms with E-state index in [-0.39, 0.29) is 5.70 Å². The molecule has 0 spiro atoms. The Morgan fingerprint density at radius 3 is 2.68 bits per heavy atom. The minimum atomic E-state index is -1.12. The number of fused-ring (bicyclic) bond motifs is 1. The third kappa shape index (κ3) is 3.21. The van der Waals surface area contributed by atoms with Gasteiger partial charge in [-0.25, -0.2) is 4.79 Å². The number of rotatable bonds is 5. The van der Waals surface area contributed by atoms with Crippen LogP contribution in [0.25, 0.3) is 0 Å². The number of amides is 2. The molecule has 0 bridgehead atoms. The van der Waals surface area contributed by atoms with Crippen molar-refractivity contribution in [1.29, 1.82) is 0 Å². The maximum atomic E-state index is 12.3. The molecule has 132 valence electrons. The molecule has 7 nitrogen and oxygen atoms in total. The topological polar surface area (TPSA) is 95.9 Å². The third-order valence-corrected chi connectivity index (χ3v) is 5.51. The molecule has 25 heavy (non-hydrogen) atoms. The first-order valence-corrected chi connectivity index (χ1v) is 8.85. The van der Waals surface area contributed by atoms with Crippen molar-refractivity contribution in [1.82, 2.24) is 10.2 Å². The quantitative estimate of drug-likeness (QED) is 0.765. The highest BCUT2D eigenvalue weighted by Crippen LogP contribution is 2.40. The molecule has 0 aromatic heterocycles. The first-order chi connectivity index (χ1) is 11.9.